The molecular weight excluding hydrogens is 196 g/mol. The minimum Gasteiger partial charge on any atom is -0.330 e. The van der Waals surface area contributed by atoms with Gasteiger partial charge in [-0.2, -0.15) is 0 Å². The normalized spacial score (nSPS) is 24.6. The number of rotatable bonds is 6. The lowest BCUT2D eigenvalue weighted by Gasteiger charge is -2.35. The highest BCUT2D eigenvalue weighted by Gasteiger charge is 2.38. The summed E-state index contributed by atoms with van der Waals surface area (Å²) in [5.41, 5.74) is 6.51. The summed E-state index contributed by atoms with van der Waals surface area (Å²) in [7, 11) is 0. The molecule has 94 valence electrons. The van der Waals surface area contributed by atoms with Crippen LogP contribution in [0.2, 0.25) is 0 Å². The van der Waals surface area contributed by atoms with Crippen molar-refractivity contribution in [1.82, 2.24) is 4.90 Å². The molecule has 2 aliphatic carbocycles. The molecule has 0 aromatic carbocycles. The SMILES string of the molecule is CC(C)CN(CC1(CN)CCCC1)C1CC1. The van der Waals surface area contributed by atoms with E-state index in [0.717, 1.165) is 18.5 Å². The zero-order chi connectivity index (χ0) is 11.6. The van der Waals surface area contributed by atoms with Gasteiger partial charge in [0.1, 0.15) is 0 Å². The van der Waals surface area contributed by atoms with Crippen molar-refractivity contribution in [1.29, 1.82) is 0 Å². The fourth-order valence-corrected chi connectivity index (χ4v) is 3.23. The van der Waals surface area contributed by atoms with Crippen molar-refractivity contribution in [3.8, 4) is 0 Å². The molecule has 2 rings (SSSR count). The van der Waals surface area contributed by atoms with Gasteiger partial charge in [0.05, 0.1) is 0 Å². The summed E-state index contributed by atoms with van der Waals surface area (Å²) in [6.45, 7) is 8.10. The van der Waals surface area contributed by atoms with Crippen LogP contribution in [0.5, 0.6) is 0 Å². The van der Waals surface area contributed by atoms with Crippen molar-refractivity contribution in [2.45, 2.75) is 58.4 Å². The molecule has 2 N–H and O–H groups in total. The summed E-state index contributed by atoms with van der Waals surface area (Å²) in [5, 5.41) is 0. The van der Waals surface area contributed by atoms with Crippen molar-refractivity contribution in [2.75, 3.05) is 19.6 Å². The molecule has 2 aliphatic rings. The second kappa shape index (κ2) is 5.05. The van der Waals surface area contributed by atoms with E-state index in [-0.39, 0.29) is 0 Å². The summed E-state index contributed by atoms with van der Waals surface area (Å²) in [5.74, 6) is 0.789. The van der Waals surface area contributed by atoms with Crippen LogP contribution in [0.1, 0.15) is 52.4 Å². The van der Waals surface area contributed by atoms with Gasteiger partial charge in [-0.15, -0.1) is 0 Å². The Morgan fingerprint density at radius 3 is 2.31 bits per heavy atom. The summed E-state index contributed by atoms with van der Waals surface area (Å²) >= 11 is 0. The van der Waals surface area contributed by atoms with E-state index in [1.165, 1.54) is 51.6 Å². The topological polar surface area (TPSA) is 29.3 Å². The first-order valence-corrected chi connectivity index (χ1v) is 7.09. The molecule has 0 aromatic rings. The van der Waals surface area contributed by atoms with E-state index in [0.29, 0.717) is 5.41 Å². The average molecular weight is 224 g/mol. The van der Waals surface area contributed by atoms with Crippen LogP contribution in [0.3, 0.4) is 0 Å². The highest BCUT2D eigenvalue weighted by Crippen LogP contribution is 2.40. The molecule has 0 heterocycles. The van der Waals surface area contributed by atoms with E-state index in [2.05, 4.69) is 18.7 Å². The van der Waals surface area contributed by atoms with Crippen molar-refractivity contribution in [3.05, 3.63) is 0 Å². The first-order chi connectivity index (χ1) is 7.65. The van der Waals surface area contributed by atoms with Gasteiger partial charge in [0.2, 0.25) is 0 Å². The maximum absolute atomic E-state index is 6.04. The second-order valence-corrected chi connectivity index (χ2v) is 6.47. The maximum atomic E-state index is 6.04. The molecule has 2 fully saturated rings. The Bertz CT molecular complexity index is 215. The van der Waals surface area contributed by atoms with Gasteiger partial charge in [-0.3, -0.25) is 4.90 Å². The van der Waals surface area contributed by atoms with Crippen LogP contribution in [0.4, 0.5) is 0 Å². The molecule has 16 heavy (non-hydrogen) atoms. The minimum absolute atomic E-state index is 0.470. The van der Waals surface area contributed by atoms with Crippen molar-refractivity contribution >= 4 is 0 Å². The lowest BCUT2D eigenvalue weighted by Crippen LogP contribution is -2.43. The summed E-state index contributed by atoms with van der Waals surface area (Å²) < 4.78 is 0. The van der Waals surface area contributed by atoms with E-state index in [9.17, 15) is 0 Å². The molecule has 0 aliphatic heterocycles. The molecule has 0 aromatic heterocycles. The highest BCUT2D eigenvalue weighted by molar-refractivity contribution is 4.93. The fraction of sp³-hybridized carbons (Fsp3) is 1.00. The Morgan fingerprint density at radius 2 is 1.88 bits per heavy atom. The third kappa shape index (κ3) is 2.98. The van der Waals surface area contributed by atoms with E-state index in [1.54, 1.807) is 0 Å². The summed E-state index contributed by atoms with van der Waals surface area (Å²) in [4.78, 5) is 2.74. The molecule has 0 bridgehead atoms. The zero-order valence-corrected chi connectivity index (χ0v) is 11.0. The standard InChI is InChI=1S/C14H28N2/c1-12(2)9-16(13-5-6-13)11-14(10-15)7-3-4-8-14/h12-13H,3-11,15H2,1-2H3. The highest BCUT2D eigenvalue weighted by atomic mass is 15.2. The Balaban J connectivity index is 1.92. The van der Waals surface area contributed by atoms with Crippen LogP contribution in [-0.2, 0) is 0 Å². The van der Waals surface area contributed by atoms with E-state index >= 15 is 0 Å². The largest absolute Gasteiger partial charge is 0.330 e. The monoisotopic (exact) mass is 224 g/mol. The van der Waals surface area contributed by atoms with E-state index in [1.807, 2.05) is 0 Å². The molecule has 0 amide bonds. The summed E-state index contributed by atoms with van der Waals surface area (Å²) in [6, 6.07) is 0.895. The Morgan fingerprint density at radius 1 is 1.25 bits per heavy atom. The fourth-order valence-electron chi connectivity index (χ4n) is 3.23. The molecule has 0 atom stereocenters. The van der Waals surface area contributed by atoms with Gasteiger partial charge < -0.3 is 5.73 Å². The van der Waals surface area contributed by atoms with Crippen LogP contribution in [0, 0.1) is 11.3 Å². The van der Waals surface area contributed by atoms with Gasteiger partial charge in [-0.1, -0.05) is 26.7 Å². The molecular formula is C14H28N2. The summed E-state index contributed by atoms with van der Waals surface area (Å²) in [6.07, 6.45) is 8.38. The van der Waals surface area contributed by atoms with Gasteiger partial charge in [-0.05, 0) is 43.6 Å². The quantitative estimate of drug-likeness (QED) is 0.751. The predicted molar refractivity (Wildman–Crippen MR) is 69.4 cm³/mol. The van der Waals surface area contributed by atoms with Gasteiger partial charge in [-0.25, -0.2) is 0 Å². The lowest BCUT2D eigenvalue weighted by atomic mass is 9.85. The van der Waals surface area contributed by atoms with Crippen LogP contribution in [0.25, 0.3) is 0 Å². The Kier molecular flexibility index (Phi) is 3.91. The van der Waals surface area contributed by atoms with Gasteiger partial charge in [0, 0.05) is 19.1 Å². The van der Waals surface area contributed by atoms with E-state index < -0.39 is 0 Å². The van der Waals surface area contributed by atoms with Crippen LogP contribution in [-0.4, -0.2) is 30.6 Å². The number of nitrogens with two attached hydrogens (primary N) is 1. The number of hydrogen-bond donors (Lipinski definition) is 1. The van der Waals surface area contributed by atoms with Crippen LogP contribution in [0.15, 0.2) is 0 Å². The van der Waals surface area contributed by atoms with Crippen molar-refractivity contribution in [2.24, 2.45) is 17.1 Å². The van der Waals surface area contributed by atoms with Gasteiger partial charge in [0.25, 0.3) is 0 Å². The molecule has 0 saturated heterocycles. The van der Waals surface area contributed by atoms with Crippen molar-refractivity contribution in [3.63, 3.8) is 0 Å². The number of nitrogens with zero attached hydrogens (tertiary/aromatic N) is 1. The lowest BCUT2D eigenvalue weighted by molar-refractivity contribution is 0.137. The van der Waals surface area contributed by atoms with Crippen LogP contribution < -0.4 is 5.73 Å². The second-order valence-electron chi connectivity index (χ2n) is 6.47. The predicted octanol–water partition coefficient (Wildman–Crippen LogP) is 2.63. The molecule has 2 heteroatoms. The Labute approximate surface area is 101 Å². The molecule has 2 nitrogen and oxygen atoms in total. The van der Waals surface area contributed by atoms with Crippen molar-refractivity contribution < 1.29 is 0 Å². The first-order valence-electron chi connectivity index (χ1n) is 7.09. The third-order valence-electron chi connectivity index (χ3n) is 4.30. The van der Waals surface area contributed by atoms with Crippen LogP contribution >= 0.6 is 0 Å². The molecule has 0 spiro atoms. The first kappa shape index (κ1) is 12.4. The van der Waals surface area contributed by atoms with E-state index in [4.69, 9.17) is 5.73 Å². The molecule has 2 saturated carbocycles. The number of hydrogen-bond acceptors (Lipinski definition) is 2. The van der Waals surface area contributed by atoms with Gasteiger partial charge >= 0.3 is 0 Å². The molecule has 0 radical (unpaired) electrons. The smallest absolute Gasteiger partial charge is 0.00967 e. The minimum atomic E-state index is 0.470. The zero-order valence-electron chi connectivity index (χ0n) is 11.0. The maximum Gasteiger partial charge on any atom is 0.00967 e. The Hall–Kier alpha value is -0.0800. The molecule has 0 unspecified atom stereocenters. The third-order valence-corrected chi connectivity index (χ3v) is 4.30. The average Bonchev–Trinajstić information content (AvgIpc) is 2.99. The van der Waals surface area contributed by atoms with Gasteiger partial charge in [0.15, 0.2) is 0 Å².